The Kier molecular flexibility index (Phi) is 3.07. The minimum atomic E-state index is -0.849. The number of carbonyl (C=O) groups is 3. The number of ether oxygens (including phenoxy) is 1. The molecule has 19 heavy (non-hydrogen) atoms. The minimum absolute atomic E-state index is 0.128. The van der Waals surface area contributed by atoms with Gasteiger partial charge in [-0.15, -0.1) is 0 Å². The molecule has 1 spiro atoms. The molecule has 106 valence electrons. The van der Waals surface area contributed by atoms with E-state index >= 15 is 0 Å². The Morgan fingerprint density at radius 3 is 2.47 bits per heavy atom. The van der Waals surface area contributed by atoms with Gasteiger partial charge in [0.05, 0.1) is 5.92 Å². The van der Waals surface area contributed by atoms with E-state index in [2.05, 4.69) is 0 Å². The summed E-state index contributed by atoms with van der Waals surface area (Å²) in [6, 6.07) is 0. The summed E-state index contributed by atoms with van der Waals surface area (Å²) in [5, 5.41) is 8.97. The maximum Gasteiger partial charge on any atom is 0.417 e. The smallest absolute Gasteiger partial charge is 0.417 e. The lowest BCUT2D eigenvalue weighted by atomic mass is 9.90. The molecule has 0 aromatic heterocycles. The second-order valence-electron chi connectivity index (χ2n) is 6.41. The van der Waals surface area contributed by atoms with E-state index in [0.717, 1.165) is 4.90 Å². The second kappa shape index (κ2) is 4.21. The summed E-state index contributed by atoms with van der Waals surface area (Å²) in [7, 11) is 0. The number of likely N-dealkylation sites (tertiary alicyclic amines) is 1. The van der Waals surface area contributed by atoms with Crippen LogP contribution in [0.2, 0.25) is 0 Å². The standard InChI is InChI=1S/C13H19NO5/c1-12(2,3)19-11(18)14-5-4-13(7-9(14)15)6-8(13)10(16)17/h8H,4-7H2,1-3H3,(H,16,17). The van der Waals surface area contributed by atoms with Gasteiger partial charge in [-0.3, -0.25) is 9.59 Å². The topological polar surface area (TPSA) is 83.9 Å². The van der Waals surface area contributed by atoms with Gasteiger partial charge in [-0.1, -0.05) is 0 Å². The van der Waals surface area contributed by atoms with Crippen molar-refractivity contribution < 1.29 is 24.2 Å². The Balaban J connectivity index is 1.97. The third kappa shape index (κ3) is 2.72. The normalized spacial score (nSPS) is 30.4. The predicted octanol–water partition coefficient (Wildman–Crippen LogP) is 1.63. The van der Waals surface area contributed by atoms with E-state index in [0.29, 0.717) is 12.8 Å². The summed E-state index contributed by atoms with van der Waals surface area (Å²) in [6.07, 6.45) is 0.578. The molecule has 1 saturated heterocycles. The third-order valence-corrected chi connectivity index (χ3v) is 3.74. The van der Waals surface area contributed by atoms with E-state index < -0.39 is 29.0 Å². The Bertz CT molecular complexity index is 439. The molecule has 2 fully saturated rings. The van der Waals surface area contributed by atoms with Crippen molar-refractivity contribution in [2.45, 2.75) is 45.6 Å². The van der Waals surface area contributed by atoms with E-state index in [1.54, 1.807) is 20.8 Å². The molecular weight excluding hydrogens is 250 g/mol. The number of imide groups is 1. The fourth-order valence-electron chi connectivity index (χ4n) is 2.62. The molecule has 1 aliphatic heterocycles. The van der Waals surface area contributed by atoms with Gasteiger partial charge in [-0.05, 0) is 39.0 Å². The van der Waals surface area contributed by atoms with Crippen LogP contribution in [-0.4, -0.2) is 40.1 Å². The molecule has 1 aliphatic carbocycles. The highest BCUT2D eigenvalue weighted by Crippen LogP contribution is 2.59. The van der Waals surface area contributed by atoms with E-state index in [4.69, 9.17) is 9.84 Å². The molecule has 0 aromatic rings. The molecule has 2 amide bonds. The van der Waals surface area contributed by atoms with Gasteiger partial charge in [0.1, 0.15) is 5.60 Å². The van der Waals surface area contributed by atoms with Gasteiger partial charge in [0.2, 0.25) is 5.91 Å². The molecule has 0 bridgehead atoms. The summed E-state index contributed by atoms with van der Waals surface area (Å²) in [6.45, 7) is 5.46. The molecule has 0 radical (unpaired) electrons. The van der Waals surface area contributed by atoms with Gasteiger partial charge in [0.25, 0.3) is 0 Å². The highest BCUT2D eigenvalue weighted by molar-refractivity contribution is 5.94. The number of carbonyl (C=O) groups excluding carboxylic acids is 2. The first-order chi connectivity index (χ1) is 8.65. The van der Waals surface area contributed by atoms with Crippen LogP contribution in [0.5, 0.6) is 0 Å². The van der Waals surface area contributed by atoms with Crippen LogP contribution in [0.1, 0.15) is 40.0 Å². The quantitative estimate of drug-likeness (QED) is 0.782. The van der Waals surface area contributed by atoms with Gasteiger partial charge in [0, 0.05) is 13.0 Å². The summed E-state index contributed by atoms with van der Waals surface area (Å²) in [5.41, 5.74) is -1.06. The van der Waals surface area contributed by atoms with Crippen LogP contribution in [0.3, 0.4) is 0 Å². The molecule has 1 heterocycles. The first-order valence-corrected chi connectivity index (χ1v) is 6.41. The van der Waals surface area contributed by atoms with Crippen molar-refractivity contribution in [2.75, 3.05) is 6.54 Å². The summed E-state index contributed by atoms with van der Waals surface area (Å²) in [4.78, 5) is 35.8. The fraction of sp³-hybridized carbons (Fsp3) is 0.769. The monoisotopic (exact) mass is 269 g/mol. The molecule has 2 unspecified atom stereocenters. The molecule has 2 aliphatic rings. The SMILES string of the molecule is CC(C)(C)OC(=O)N1CCC2(CC1=O)CC2C(=O)O. The lowest BCUT2D eigenvalue weighted by Gasteiger charge is -2.32. The molecule has 2 rings (SSSR count). The summed E-state index contributed by atoms with van der Waals surface area (Å²) < 4.78 is 5.16. The van der Waals surface area contributed by atoms with Crippen LogP contribution in [0.15, 0.2) is 0 Å². The highest BCUT2D eigenvalue weighted by Gasteiger charge is 2.61. The largest absolute Gasteiger partial charge is 0.481 e. The number of aliphatic carboxylic acids is 1. The number of hydrogen-bond acceptors (Lipinski definition) is 4. The lowest BCUT2D eigenvalue weighted by Crippen LogP contribution is -2.46. The number of amides is 2. The number of rotatable bonds is 1. The average Bonchev–Trinajstić information content (AvgIpc) is 2.89. The molecule has 2 atom stereocenters. The lowest BCUT2D eigenvalue weighted by molar-refractivity contribution is -0.140. The molecule has 1 N–H and O–H groups in total. The van der Waals surface area contributed by atoms with Crippen molar-refractivity contribution in [3.05, 3.63) is 0 Å². The van der Waals surface area contributed by atoms with Crippen LogP contribution in [0, 0.1) is 11.3 Å². The number of hydrogen-bond donors (Lipinski definition) is 1. The zero-order valence-electron chi connectivity index (χ0n) is 11.4. The Morgan fingerprint density at radius 2 is 2.05 bits per heavy atom. The van der Waals surface area contributed by atoms with Crippen LogP contribution in [0.4, 0.5) is 4.79 Å². The molecule has 1 saturated carbocycles. The van der Waals surface area contributed by atoms with Gasteiger partial charge < -0.3 is 9.84 Å². The second-order valence-corrected chi connectivity index (χ2v) is 6.41. The predicted molar refractivity (Wildman–Crippen MR) is 65.4 cm³/mol. The van der Waals surface area contributed by atoms with E-state index in [1.807, 2.05) is 0 Å². The van der Waals surface area contributed by atoms with Crippen LogP contribution in [0.25, 0.3) is 0 Å². The Hall–Kier alpha value is -1.59. The third-order valence-electron chi connectivity index (χ3n) is 3.74. The zero-order chi connectivity index (χ0) is 14.4. The Morgan fingerprint density at radius 1 is 1.42 bits per heavy atom. The van der Waals surface area contributed by atoms with Crippen molar-refractivity contribution in [1.29, 1.82) is 0 Å². The first-order valence-electron chi connectivity index (χ1n) is 6.41. The number of nitrogens with zero attached hydrogens (tertiary/aromatic N) is 1. The van der Waals surface area contributed by atoms with Crippen LogP contribution < -0.4 is 0 Å². The van der Waals surface area contributed by atoms with E-state index in [9.17, 15) is 14.4 Å². The molecule has 0 aromatic carbocycles. The Labute approximate surface area is 111 Å². The maximum absolute atomic E-state index is 12.0. The maximum atomic E-state index is 12.0. The van der Waals surface area contributed by atoms with Crippen molar-refractivity contribution >= 4 is 18.0 Å². The number of carboxylic acid groups (broad SMARTS) is 1. The van der Waals surface area contributed by atoms with Gasteiger partial charge in [-0.2, -0.15) is 0 Å². The van der Waals surface area contributed by atoms with Crippen LogP contribution in [-0.2, 0) is 14.3 Å². The first kappa shape index (κ1) is 13.8. The summed E-state index contributed by atoms with van der Waals surface area (Å²) in [5.74, 6) is -1.61. The van der Waals surface area contributed by atoms with Crippen molar-refractivity contribution in [2.24, 2.45) is 11.3 Å². The summed E-state index contributed by atoms with van der Waals surface area (Å²) >= 11 is 0. The minimum Gasteiger partial charge on any atom is -0.481 e. The molecule has 6 nitrogen and oxygen atoms in total. The molecular formula is C13H19NO5. The van der Waals surface area contributed by atoms with Crippen LogP contribution >= 0.6 is 0 Å². The van der Waals surface area contributed by atoms with E-state index in [1.165, 1.54) is 0 Å². The fourth-order valence-corrected chi connectivity index (χ4v) is 2.62. The van der Waals surface area contributed by atoms with Gasteiger partial charge >= 0.3 is 12.1 Å². The van der Waals surface area contributed by atoms with Gasteiger partial charge in [0.15, 0.2) is 0 Å². The number of carboxylic acids is 1. The van der Waals surface area contributed by atoms with Gasteiger partial charge in [-0.25, -0.2) is 9.69 Å². The van der Waals surface area contributed by atoms with Crippen molar-refractivity contribution in [3.8, 4) is 0 Å². The van der Waals surface area contributed by atoms with Crippen molar-refractivity contribution in [1.82, 2.24) is 4.90 Å². The number of piperidine rings is 1. The van der Waals surface area contributed by atoms with Crippen molar-refractivity contribution in [3.63, 3.8) is 0 Å². The van der Waals surface area contributed by atoms with E-state index in [-0.39, 0.29) is 18.9 Å². The molecule has 6 heteroatoms. The zero-order valence-corrected chi connectivity index (χ0v) is 11.4. The highest BCUT2D eigenvalue weighted by atomic mass is 16.6. The average molecular weight is 269 g/mol.